The summed E-state index contributed by atoms with van der Waals surface area (Å²) in [5, 5.41) is 5.09. The molecule has 1 N–H and O–H groups in total. The summed E-state index contributed by atoms with van der Waals surface area (Å²) in [4.78, 5) is 0. The molecule has 19 heavy (non-hydrogen) atoms. The minimum absolute atomic E-state index is 0.560. The Bertz CT molecular complexity index is 398. The Morgan fingerprint density at radius 1 is 1.16 bits per heavy atom. The van der Waals surface area contributed by atoms with Crippen LogP contribution in [0.5, 0.6) is 0 Å². The standard InChI is InChI=1S/C16H23Cl2N/c1-12(13-6-4-2-3-5-7-13)19-11-14-8-9-15(17)10-16(14)18/h8-10,12-13,19H,2-7,11H2,1H3/t12-/m1/s1. The van der Waals surface area contributed by atoms with Crippen LogP contribution in [0.4, 0.5) is 0 Å². The lowest BCUT2D eigenvalue weighted by Crippen LogP contribution is -2.33. The van der Waals surface area contributed by atoms with Crippen LogP contribution in [0.3, 0.4) is 0 Å². The van der Waals surface area contributed by atoms with Crippen molar-refractivity contribution in [1.82, 2.24) is 5.32 Å². The minimum Gasteiger partial charge on any atom is -0.310 e. The predicted octanol–water partition coefficient (Wildman–Crippen LogP) is 5.44. The van der Waals surface area contributed by atoms with Crippen LogP contribution >= 0.6 is 23.2 Å². The van der Waals surface area contributed by atoms with E-state index in [2.05, 4.69) is 12.2 Å². The van der Waals surface area contributed by atoms with Gasteiger partial charge in [-0.3, -0.25) is 0 Å². The molecule has 1 saturated carbocycles. The molecule has 0 heterocycles. The van der Waals surface area contributed by atoms with Gasteiger partial charge in [-0.2, -0.15) is 0 Å². The minimum atomic E-state index is 0.560. The first-order valence-electron chi connectivity index (χ1n) is 7.34. The Balaban J connectivity index is 1.86. The van der Waals surface area contributed by atoms with Crippen LogP contribution in [0.2, 0.25) is 10.0 Å². The van der Waals surface area contributed by atoms with E-state index in [1.807, 2.05) is 18.2 Å². The largest absolute Gasteiger partial charge is 0.310 e. The maximum absolute atomic E-state index is 6.20. The molecule has 1 nitrogen and oxygen atoms in total. The molecule has 0 unspecified atom stereocenters. The van der Waals surface area contributed by atoms with Gasteiger partial charge in [0.1, 0.15) is 0 Å². The van der Waals surface area contributed by atoms with E-state index in [4.69, 9.17) is 23.2 Å². The first-order valence-corrected chi connectivity index (χ1v) is 8.09. The van der Waals surface area contributed by atoms with Gasteiger partial charge in [0.15, 0.2) is 0 Å². The fourth-order valence-electron chi connectivity index (χ4n) is 2.91. The number of rotatable bonds is 4. The maximum Gasteiger partial charge on any atom is 0.0465 e. The summed E-state index contributed by atoms with van der Waals surface area (Å²) in [7, 11) is 0. The molecular formula is C16H23Cl2N. The van der Waals surface area contributed by atoms with Gasteiger partial charge in [-0.1, -0.05) is 55.0 Å². The first-order chi connectivity index (χ1) is 9.16. The highest BCUT2D eigenvalue weighted by atomic mass is 35.5. The first kappa shape index (κ1) is 15.2. The van der Waals surface area contributed by atoms with Crippen LogP contribution < -0.4 is 5.32 Å². The van der Waals surface area contributed by atoms with Gasteiger partial charge in [0.25, 0.3) is 0 Å². The summed E-state index contributed by atoms with van der Waals surface area (Å²) in [6.45, 7) is 3.13. The quantitative estimate of drug-likeness (QED) is 0.730. The molecule has 0 aliphatic heterocycles. The number of hydrogen-bond donors (Lipinski definition) is 1. The molecule has 0 aromatic heterocycles. The summed E-state index contributed by atoms with van der Waals surface area (Å²) in [5.41, 5.74) is 1.13. The third-order valence-electron chi connectivity index (χ3n) is 4.24. The molecule has 0 spiro atoms. The Hall–Kier alpha value is -0.240. The molecule has 106 valence electrons. The summed E-state index contributed by atoms with van der Waals surface area (Å²) in [6.07, 6.45) is 8.32. The monoisotopic (exact) mass is 299 g/mol. The molecule has 0 bridgehead atoms. The zero-order valence-corrected chi connectivity index (χ0v) is 13.1. The second-order valence-corrected chi connectivity index (χ2v) is 6.50. The predicted molar refractivity (Wildman–Crippen MR) is 84.0 cm³/mol. The van der Waals surface area contributed by atoms with Crippen molar-refractivity contribution in [3.63, 3.8) is 0 Å². The van der Waals surface area contributed by atoms with E-state index in [9.17, 15) is 0 Å². The molecule has 3 heteroatoms. The summed E-state index contributed by atoms with van der Waals surface area (Å²) >= 11 is 12.1. The molecule has 0 saturated heterocycles. The van der Waals surface area contributed by atoms with Crippen molar-refractivity contribution in [3.8, 4) is 0 Å². The smallest absolute Gasteiger partial charge is 0.0465 e. The summed E-state index contributed by atoms with van der Waals surface area (Å²) in [5.74, 6) is 0.813. The molecule has 1 fully saturated rings. The SMILES string of the molecule is C[C@@H](NCc1ccc(Cl)cc1Cl)C1CCCCCC1. The molecule has 0 radical (unpaired) electrons. The van der Waals surface area contributed by atoms with Crippen LogP contribution in [0.15, 0.2) is 18.2 Å². The second-order valence-electron chi connectivity index (χ2n) is 5.66. The van der Waals surface area contributed by atoms with Gasteiger partial charge >= 0.3 is 0 Å². The van der Waals surface area contributed by atoms with Gasteiger partial charge in [0, 0.05) is 22.6 Å². The highest BCUT2D eigenvalue weighted by Gasteiger charge is 2.18. The van der Waals surface area contributed by atoms with Crippen molar-refractivity contribution in [2.45, 2.75) is 58.0 Å². The van der Waals surface area contributed by atoms with Crippen LogP contribution in [0.25, 0.3) is 0 Å². The highest BCUT2D eigenvalue weighted by molar-refractivity contribution is 6.35. The fraction of sp³-hybridized carbons (Fsp3) is 0.625. The van der Waals surface area contributed by atoms with Crippen molar-refractivity contribution in [2.75, 3.05) is 0 Å². The Morgan fingerprint density at radius 2 is 1.84 bits per heavy atom. The molecule has 1 aliphatic carbocycles. The number of hydrogen-bond acceptors (Lipinski definition) is 1. The molecule has 0 amide bonds. The van der Waals surface area contributed by atoms with E-state index in [0.29, 0.717) is 11.1 Å². The van der Waals surface area contributed by atoms with E-state index in [1.54, 1.807) is 0 Å². The topological polar surface area (TPSA) is 12.0 Å². The second kappa shape index (κ2) is 7.52. The Kier molecular flexibility index (Phi) is 6.00. The molecule has 1 aliphatic rings. The van der Waals surface area contributed by atoms with Gasteiger partial charge in [0.2, 0.25) is 0 Å². The fourth-order valence-corrected chi connectivity index (χ4v) is 3.39. The van der Waals surface area contributed by atoms with Gasteiger partial charge in [-0.25, -0.2) is 0 Å². The molecule has 1 atom stereocenters. The third-order valence-corrected chi connectivity index (χ3v) is 4.82. The number of benzene rings is 1. The zero-order valence-electron chi connectivity index (χ0n) is 11.6. The van der Waals surface area contributed by atoms with Gasteiger partial charge in [0.05, 0.1) is 0 Å². The van der Waals surface area contributed by atoms with Crippen molar-refractivity contribution in [1.29, 1.82) is 0 Å². The molecule has 2 rings (SSSR count). The third kappa shape index (κ3) is 4.66. The van der Waals surface area contributed by atoms with Crippen molar-refractivity contribution < 1.29 is 0 Å². The Morgan fingerprint density at radius 3 is 2.47 bits per heavy atom. The van der Waals surface area contributed by atoms with Crippen molar-refractivity contribution in [3.05, 3.63) is 33.8 Å². The zero-order chi connectivity index (χ0) is 13.7. The summed E-state index contributed by atoms with van der Waals surface area (Å²) in [6, 6.07) is 6.29. The van der Waals surface area contributed by atoms with Gasteiger partial charge < -0.3 is 5.32 Å². The lowest BCUT2D eigenvalue weighted by molar-refractivity contribution is 0.336. The summed E-state index contributed by atoms with van der Waals surface area (Å²) < 4.78 is 0. The van der Waals surface area contributed by atoms with E-state index in [1.165, 1.54) is 38.5 Å². The maximum atomic E-state index is 6.20. The average molecular weight is 300 g/mol. The van der Waals surface area contributed by atoms with Crippen molar-refractivity contribution in [2.24, 2.45) is 5.92 Å². The van der Waals surface area contributed by atoms with Gasteiger partial charge in [-0.15, -0.1) is 0 Å². The van der Waals surface area contributed by atoms with Crippen molar-refractivity contribution >= 4 is 23.2 Å². The number of halogens is 2. The van der Waals surface area contributed by atoms with Crippen LogP contribution in [-0.4, -0.2) is 6.04 Å². The van der Waals surface area contributed by atoms with Crippen LogP contribution in [-0.2, 0) is 6.54 Å². The van der Waals surface area contributed by atoms with E-state index >= 15 is 0 Å². The average Bonchev–Trinajstić information content (AvgIpc) is 2.66. The molecule has 1 aromatic rings. The molecule has 1 aromatic carbocycles. The van der Waals surface area contributed by atoms with E-state index in [0.717, 1.165) is 23.0 Å². The molecular weight excluding hydrogens is 277 g/mol. The van der Waals surface area contributed by atoms with E-state index < -0.39 is 0 Å². The normalized spacial score (nSPS) is 19.1. The Labute approximate surface area is 126 Å². The highest BCUT2D eigenvalue weighted by Crippen LogP contribution is 2.26. The lowest BCUT2D eigenvalue weighted by atomic mass is 9.93. The lowest BCUT2D eigenvalue weighted by Gasteiger charge is -2.24. The number of nitrogens with one attached hydrogen (secondary N) is 1. The van der Waals surface area contributed by atoms with Gasteiger partial charge in [-0.05, 0) is 43.4 Å². The van der Waals surface area contributed by atoms with Crippen LogP contribution in [0.1, 0.15) is 51.0 Å². The van der Waals surface area contributed by atoms with Crippen LogP contribution in [0, 0.1) is 5.92 Å². The van der Waals surface area contributed by atoms with E-state index in [-0.39, 0.29) is 0 Å².